The van der Waals surface area contributed by atoms with E-state index in [4.69, 9.17) is 0 Å². The van der Waals surface area contributed by atoms with Crippen LogP contribution in [-0.2, 0) is 19.4 Å². The van der Waals surface area contributed by atoms with E-state index in [9.17, 15) is 4.79 Å². The highest BCUT2D eigenvalue weighted by Crippen LogP contribution is 2.32. The third kappa shape index (κ3) is 2.50. The highest BCUT2D eigenvalue weighted by molar-refractivity contribution is 5.94. The van der Waals surface area contributed by atoms with Crippen LogP contribution in [0.5, 0.6) is 0 Å². The molecule has 1 saturated heterocycles. The van der Waals surface area contributed by atoms with E-state index in [-0.39, 0.29) is 18.0 Å². The lowest BCUT2D eigenvalue weighted by Gasteiger charge is -2.28. The van der Waals surface area contributed by atoms with Crippen molar-refractivity contribution >= 4 is 5.91 Å². The number of amides is 1. The molecule has 0 N–H and O–H groups in total. The van der Waals surface area contributed by atoms with Gasteiger partial charge in [-0.3, -0.25) is 9.78 Å². The maximum absolute atomic E-state index is 13.0. The van der Waals surface area contributed by atoms with Crippen molar-refractivity contribution in [3.05, 3.63) is 41.2 Å². The molecule has 0 saturated carbocycles. The zero-order chi connectivity index (χ0) is 16.7. The lowest BCUT2D eigenvalue weighted by molar-refractivity contribution is 0.0664. The summed E-state index contributed by atoms with van der Waals surface area (Å²) in [6, 6.07) is 4.25. The van der Waals surface area contributed by atoms with Crippen molar-refractivity contribution in [3.8, 4) is 0 Å². The molecule has 0 unspecified atom stereocenters. The van der Waals surface area contributed by atoms with Crippen LogP contribution in [-0.4, -0.2) is 42.6 Å². The summed E-state index contributed by atoms with van der Waals surface area (Å²) in [6.07, 6.45) is 6.61. The molecule has 2 aromatic rings. The number of aryl methyl sites for hydroxylation is 2. The highest BCUT2D eigenvalue weighted by atomic mass is 16.2. The number of fused-ring (bicyclic) bond motifs is 3. The van der Waals surface area contributed by atoms with Gasteiger partial charge in [-0.1, -0.05) is 6.92 Å². The van der Waals surface area contributed by atoms with Gasteiger partial charge < -0.3 is 9.47 Å². The van der Waals surface area contributed by atoms with Crippen LogP contribution < -0.4 is 0 Å². The largest absolute Gasteiger partial charge is 0.330 e. The fraction of sp³-hybridized carbons (Fsp3) is 0.556. The summed E-state index contributed by atoms with van der Waals surface area (Å²) in [5.41, 5.74) is 1.62. The first kappa shape index (κ1) is 15.3. The van der Waals surface area contributed by atoms with Crippen molar-refractivity contribution < 1.29 is 4.79 Å². The van der Waals surface area contributed by atoms with Gasteiger partial charge in [-0.25, -0.2) is 0 Å². The van der Waals surface area contributed by atoms with Crippen molar-refractivity contribution in [1.82, 2.24) is 24.6 Å². The van der Waals surface area contributed by atoms with Gasteiger partial charge in [-0.2, -0.15) is 0 Å². The van der Waals surface area contributed by atoms with E-state index in [1.165, 1.54) is 0 Å². The van der Waals surface area contributed by atoms with Crippen LogP contribution in [0.2, 0.25) is 0 Å². The summed E-state index contributed by atoms with van der Waals surface area (Å²) in [7, 11) is 0. The molecule has 0 radical (unpaired) electrons. The lowest BCUT2D eigenvalue weighted by Crippen LogP contribution is -2.42. The molecule has 24 heavy (non-hydrogen) atoms. The topological polar surface area (TPSA) is 63.9 Å². The van der Waals surface area contributed by atoms with Crippen molar-refractivity contribution in [2.75, 3.05) is 0 Å². The van der Waals surface area contributed by atoms with Gasteiger partial charge in [-0.15, -0.1) is 10.2 Å². The van der Waals surface area contributed by atoms with Crippen LogP contribution >= 0.6 is 0 Å². The quantitative estimate of drug-likeness (QED) is 0.867. The van der Waals surface area contributed by atoms with E-state index in [1.54, 1.807) is 6.20 Å². The predicted molar refractivity (Wildman–Crippen MR) is 89.7 cm³/mol. The van der Waals surface area contributed by atoms with Crippen molar-refractivity contribution in [1.29, 1.82) is 0 Å². The molecule has 2 aliphatic heterocycles. The number of aromatic nitrogens is 4. The zero-order valence-corrected chi connectivity index (χ0v) is 14.3. The predicted octanol–water partition coefficient (Wildman–Crippen LogP) is 2.16. The molecule has 6 heteroatoms. The van der Waals surface area contributed by atoms with E-state index in [1.807, 2.05) is 19.1 Å². The fourth-order valence-corrected chi connectivity index (χ4v) is 3.98. The maximum atomic E-state index is 13.0. The summed E-state index contributed by atoms with van der Waals surface area (Å²) >= 11 is 0. The molecular weight excluding hydrogens is 302 g/mol. The third-order valence-electron chi connectivity index (χ3n) is 5.20. The first-order valence-corrected chi connectivity index (χ1v) is 8.83. The minimum atomic E-state index is 0.103. The highest BCUT2D eigenvalue weighted by Gasteiger charge is 2.41. The molecular formula is C18H23N5O. The van der Waals surface area contributed by atoms with Gasteiger partial charge in [0.2, 0.25) is 0 Å². The Kier molecular flexibility index (Phi) is 3.82. The maximum Gasteiger partial charge on any atom is 0.255 e. The molecule has 2 bridgehead atoms. The fourth-order valence-electron chi connectivity index (χ4n) is 3.98. The van der Waals surface area contributed by atoms with Crippen LogP contribution in [0.4, 0.5) is 0 Å². The second-order valence-corrected chi connectivity index (χ2v) is 6.88. The van der Waals surface area contributed by atoms with Gasteiger partial charge in [0.1, 0.15) is 11.6 Å². The number of carbonyl (C=O) groups is 1. The minimum Gasteiger partial charge on any atom is -0.330 e. The van der Waals surface area contributed by atoms with Gasteiger partial charge >= 0.3 is 0 Å². The molecule has 4 heterocycles. The number of carbonyl (C=O) groups excluding carboxylic acids is 1. The molecule has 2 atom stereocenters. The van der Waals surface area contributed by atoms with Crippen molar-refractivity contribution in [3.63, 3.8) is 0 Å². The average Bonchev–Trinajstić information content (AvgIpc) is 3.08. The van der Waals surface area contributed by atoms with Crippen molar-refractivity contribution in [2.24, 2.45) is 0 Å². The normalized spacial score (nSPS) is 22.3. The SMILES string of the molecule is CCCc1nnc2n1C[C@H]1CC[C@@H](C2)N1C(=O)c1ccc(C)nc1. The molecule has 6 nitrogen and oxygen atoms in total. The van der Waals surface area contributed by atoms with E-state index < -0.39 is 0 Å². The molecule has 0 aliphatic carbocycles. The Labute approximate surface area is 141 Å². The Hall–Kier alpha value is -2.24. The summed E-state index contributed by atoms with van der Waals surface area (Å²) in [4.78, 5) is 19.4. The van der Waals surface area contributed by atoms with E-state index in [0.29, 0.717) is 5.56 Å². The summed E-state index contributed by atoms with van der Waals surface area (Å²) in [6.45, 7) is 4.91. The molecule has 2 aromatic heterocycles. The molecule has 2 aliphatic rings. The monoisotopic (exact) mass is 325 g/mol. The number of hydrogen-bond donors (Lipinski definition) is 0. The van der Waals surface area contributed by atoms with Crippen LogP contribution in [0.1, 0.15) is 53.9 Å². The Morgan fingerprint density at radius 2 is 2.08 bits per heavy atom. The Balaban J connectivity index is 1.63. The van der Waals surface area contributed by atoms with Crippen LogP contribution in [0.15, 0.2) is 18.3 Å². The number of pyridine rings is 1. The van der Waals surface area contributed by atoms with E-state index in [2.05, 4.69) is 31.6 Å². The molecule has 1 amide bonds. The van der Waals surface area contributed by atoms with Gasteiger partial charge in [0.15, 0.2) is 0 Å². The van der Waals surface area contributed by atoms with E-state index >= 15 is 0 Å². The Bertz CT molecular complexity index is 751. The Morgan fingerprint density at radius 3 is 2.83 bits per heavy atom. The smallest absolute Gasteiger partial charge is 0.255 e. The number of nitrogens with zero attached hydrogens (tertiary/aromatic N) is 5. The summed E-state index contributed by atoms with van der Waals surface area (Å²) < 4.78 is 2.25. The minimum absolute atomic E-state index is 0.103. The summed E-state index contributed by atoms with van der Waals surface area (Å²) in [5, 5.41) is 8.76. The van der Waals surface area contributed by atoms with Crippen LogP contribution in [0, 0.1) is 6.92 Å². The molecule has 126 valence electrons. The van der Waals surface area contributed by atoms with Gasteiger partial charge in [0.25, 0.3) is 5.91 Å². The molecule has 0 spiro atoms. The third-order valence-corrected chi connectivity index (χ3v) is 5.20. The summed E-state index contributed by atoms with van der Waals surface area (Å²) in [5.74, 6) is 2.20. The Morgan fingerprint density at radius 1 is 1.25 bits per heavy atom. The molecule has 1 fully saturated rings. The van der Waals surface area contributed by atoms with Crippen molar-refractivity contribution in [2.45, 2.75) is 64.6 Å². The van der Waals surface area contributed by atoms with Crippen LogP contribution in [0.25, 0.3) is 0 Å². The van der Waals surface area contributed by atoms with Gasteiger partial charge in [0, 0.05) is 37.3 Å². The first-order valence-electron chi connectivity index (χ1n) is 8.83. The molecule has 0 aromatic carbocycles. The van der Waals surface area contributed by atoms with Crippen LogP contribution in [0.3, 0.4) is 0 Å². The standard InChI is InChI=1S/C18H23N5O/c1-3-4-16-20-21-17-9-14-7-8-15(11-22(16)17)23(14)18(24)13-6-5-12(2)19-10-13/h5-6,10,14-15H,3-4,7-9,11H2,1-2H3/t14-,15+/m0/s1. The van der Waals surface area contributed by atoms with Gasteiger partial charge in [0.05, 0.1) is 11.6 Å². The van der Waals surface area contributed by atoms with E-state index in [0.717, 1.165) is 56.0 Å². The zero-order valence-electron chi connectivity index (χ0n) is 14.3. The second kappa shape index (κ2) is 6.00. The van der Waals surface area contributed by atoms with Gasteiger partial charge in [-0.05, 0) is 38.3 Å². The first-order chi connectivity index (χ1) is 11.7. The molecule has 4 rings (SSSR count). The number of hydrogen-bond acceptors (Lipinski definition) is 4. The lowest BCUT2D eigenvalue weighted by atomic mass is 10.1. The number of rotatable bonds is 3. The second-order valence-electron chi connectivity index (χ2n) is 6.88. The average molecular weight is 325 g/mol.